The normalized spacial score (nSPS) is 13.2. The Labute approximate surface area is 187 Å². The van der Waals surface area contributed by atoms with Gasteiger partial charge in [-0.3, -0.25) is 9.59 Å². The summed E-state index contributed by atoms with van der Waals surface area (Å²) in [6.07, 6.45) is 2.12. The van der Waals surface area contributed by atoms with Gasteiger partial charge in [0.05, 0.1) is 0 Å². The van der Waals surface area contributed by atoms with Crippen LogP contribution in [0.1, 0.15) is 31.7 Å². The number of alkyl carbamates (subject to hydrolysis) is 1. The molecule has 0 radical (unpaired) electrons. The largest absolute Gasteiger partial charge is 0.480 e. The summed E-state index contributed by atoms with van der Waals surface area (Å²) in [4.78, 5) is 48.7. The Bertz CT molecular complexity index is 771. The molecule has 176 valence electrons. The molecule has 0 aliphatic heterocycles. The maximum Gasteiger partial charge on any atom is 0.408 e. The molecule has 1 aromatic rings. The maximum absolute atomic E-state index is 12.9. The smallest absolute Gasteiger partial charge is 0.408 e. The summed E-state index contributed by atoms with van der Waals surface area (Å²) < 4.78 is 4.78. The van der Waals surface area contributed by atoms with Gasteiger partial charge < -0.3 is 31.5 Å². The molecule has 0 aliphatic rings. The number of rotatable bonds is 14. The lowest BCUT2D eigenvalue weighted by Gasteiger charge is -2.23. The van der Waals surface area contributed by atoms with Crippen molar-refractivity contribution in [1.82, 2.24) is 16.0 Å². The number of carboxylic acids is 1. The molecule has 3 amide bonds. The third-order valence-electron chi connectivity index (χ3n) is 4.54. The summed E-state index contributed by atoms with van der Waals surface area (Å²) in [6.45, 7) is 5.28. The number of carbonyl (C=O) groups excluding carboxylic acids is 3. The van der Waals surface area contributed by atoms with Crippen LogP contribution in [0.25, 0.3) is 0 Å². The molecular weight excluding hydrogens is 416 g/mol. The molecule has 0 heterocycles. The standard InChI is InChI=1S/C22H32N4O6/c1-3-13-32-22(31)24-15(2)19(27)26-18(14-16-9-5-4-6-10-16)20(28)25-17(21(29)30)11-7-8-12-23/h3-6,9-10,15,17-18H,1,7-8,11-14,23H2,2H3,(H,24,31)(H,25,28)(H,26,27)(H,29,30)/t15-,17-,18-/m0/s1. The summed E-state index contributed by atoms with van der Waals surface area (Å²) >= 11 is 0. The summed E-state index contributed by atoms with van der Waals surface area (Å²) in [6, 6.07) is 5.84. The molecule has 1 aromatic carbocycles. The molecule has 1 rings (SSSR count). The van der Waals surface area contributed by atoms with Crippen LogP contribution in [0.15, 0.2) is 43.0 Å². The molecule has 0 saturated carbocycles. The van der Waals surface area contributed by atoms with Gasteiger partial charge in [0.15, 0.2) is 0 Å². The summed E-state index contributed by atoms with van der Waals surface area (Å²) in [5, 5.41) is 16.9. The van der Waals surface area contributed by atoms with Crippen molar-refractivity contribution < 1.29 is 29.0 Å². The van der Waals surface area contributed by atoms with Gasteiger partial charge in [-0.15, -0.1) is 0 Å². The van der Waals surface area contributed by atoms with Gasteiger partial charge in [-0.25, -0.2) is 9.59 Å². The number of carboxylic acid groups (broad SMARTS) is 1. The number of nitrogens with one attached hydrogen (secondary N) is 3. The van der Waals surface area contributed by atoms with Crippen molar-refractivity contribution in [3.05, 3.63) is 48.6 Å². The second-order valence-electron chi connectivity index (χ2n) is 7.19. The first kappa shape index (κ1) is 26.6. The average molecular weight is 449 g/mol. The first-order chi connectivity index (χ1) is 15.3. The Kier molecular flexibility index (Phi) is 12.1. The van der Waals surface area contributed by atoms with Crippen molar-refractivity contribution in [2.24, 2.45) is 5.73 Å². The van der Waals surface area contributed by atoms with Crippen molar-refractivity contribution in [3.8, 4) is 0 Å². The van der Waals surface area contributed by atoms with E-state index in [4.69, 9.17) is 10.5 Å². The van der Waals surface area contributed by atoms with Crippen LogP contribution in [0.4, 0.5) is 4.79 Å². The summed E-state index contributed by atoms with van der Waals surface area (Å²) in [7, 11) is 0. The number of amides is 3. The minimum absolute atomic E-state index is 0.0139. The fourth-order valence-corrected chi connectivity index (χ4v) is 2.80. The number of ether oxygens (including phenoxy) is 1. The van der Waals surface area contributed by atoms with Crippen molar-refractivity contribution in [2.45, 2.75) is 50.7 Å². The lowest BCUT2D eigenvalue weighted by atomic mass is 10.0. The molecule has 10 heteroatoms. The zero-order valence-corrected chi connectivity index (χ0v) is 18.2. The van der Waals surface area contributed by atoms with Gasteiger partial charge >= 0.3 is 12.1 Å². The number of carbonyl (C=O) groups is 4. The van der Waals surface area contributed by atoms with E-state index in [9.17, 15) is 24.3 Å². The van der Waals surface area contributed by atoms with Crippen molar-refractivity contribution in [3.63, 3.8) is 0 Å². The molecular formula is C22H32N4O6. The van der Waals surface area contributed by atoms with Gasteiger partial charge in [-0.05, 0) is 38.3 Å². The fourth-order valence-electron chi connectivity index (χ4n) is 2.80. The van der Waals surface area contributed by atoms with E-state index in [-0.39, 0.29) is 19.4 Å². The predicted octanol–water partition coefficient (Wildman–Crippen LogP) is 0.713. The van der Waals surface area contributed by atoms with E-state index in [1.807, 2.05) is 6.07 Å². The first-order valence-corrected chi connectivity index (χ1v) is 10.4. The molecule has 6 N–H and O–H groups in total. The quantitative estimate of drug-likeness (QED) is 0.207. The molecule has 0 aromatic heterocycles. The topological polar surface area (TPSA) is 160 Å². The minimum atomic E-state index is -1.17. The highest BCUT2D eigenvalue weighted by Gasteiger charge is 2.28. The molecule has 0 saturated heterocycles. The highest BCUT2D eigenvalue weighted by Crippen LogP contribution is 2.06. The van der Waals surface area contributed by atoms with Gasteiger partial charge in [0.1, 0.15) is 24.7 Å². The molecule has 0 spiro atoms. The van der Waals surface area contributed by atoms with Crippen LogP contribution in [0, 0.1) is 0 Å². The Morgan fingerprint density at radius 3 is 2.31 bits per heavy atom. The average Bonchev–Trinajstić information content (AvgIpc) is 2.77. The molecule has 0 fully saturated rings. The van der Waals surface area contributed by atoms with Crippen molar-refractivity contribution >= 4 is 23.9 Å². The Hall–Kier alpha value is -3.40. The summed E-state index contributed by atoms with van der Waals surface area (Å²) in [5.74, 6) is -2.42. The monoisotopic (exact) mass is 448 g/mol. The fraction of sp³-hybridized carbons (Fsp3) is 0.455. The molecule has 0 aliphatic carbocycles. The zero-order chi connectivity index (χ0) is 23.9. The number of unbranched alkanes of at least 4 members (excludes halogenated alkanes) is 1. The van der Waals surface area contributed by atoms with Gasteiger partial charge in [-0.1, -0.05) is 43.0 Å². The van der Waals surface area contributed by atoms with Gasteiger partial charge in [0, 0.05) is 6.42 Å². The highest BCUT2D eigenvalue weighted by atomic mass is 16.5. The van der Waals surface area contributed by atoms with E-state index in [2.05, 4.69) is 22.5 Å². The minimum Gasteiger partial charge on any atom is -0.480 e. The SMILES string of the molecule is C=CCOC(=O)N[C@@H](C)C(=O)N[C@@H](Cc1ccccc1)C(=O)N[C@@H](CCCCN)C(=O)O. The number of hydrogen-bond acceptors (Lipinski definition) is 6. The van der Waals surface area contributed by atoms with Crippen LogP contribution in [0.3, 0.4) is 0 Å². The second-order valence-corrected chi connectivity index (χ2v) is 7.19. The Morgan fingerprint density at radius 2 is 1.72 bits per heavy atom. The van der Waals surface area contributed by atoms with Gasteiger partial charge in [0.25, 0.3) is 0 Å². The van der Waals surface area contributed by atoms with Gasteiger partial charge in [0.2, 0.25) is 11.8 Å². The molecule has 3 atom stereocenters. The zero-order valence-electron chi connectivity index (χ0n) is 18.2. The third kappa shape index (κ3) is 10.1. The van der Waals surface area contributed by atoms with E-state index in [0.29, 0.717) is 19.4 Å². The van der Waals surface area contributed by atoms with Crippen LogP contribution >= 0.6 is 0 Å². The van der Waals surface area contributed by atoms with Crippen LogP contribution in [0.5, 0.6) is 0 Å². The lowest BCUT2D eigenvalue weighted by Crippen LogP contribution is -2.55. The van der Waals surface area contributed by atoms with E-state index in [1.165, 1.54) is 13.0 Å². The van der Waals surface area contributed by atoms with Crippen LogP contribution in [0.2, 0.25) is 0 Å². The highest BCUT2D eigenvalue weighted by molar-refractivity contribution is 5.92. The molecule has 0 bridgehead atoms. The molecule has 32 heavy (non-hydrogen) atoms. The molecule has 10 nitrogen and oxygen atoms in total. The van der Waals surface area contributed by atoms with E-state index < -0.39 is 42.0 Å². The first-order valence-electron chi connectivity index (χ1n) is 10.4. The Morgan fingerprint density at radius 1 is 1.06 bits per heavy atom. The number of benzene rings is 1. The second kappa shape index (κ2) is 14.6. The lowest BCUT2D eigenvalue weighted by molar-refractivity contribution is -0.142. The maximum atomic E-state index is 12.9. The number of hydrogen-bond donors (Lipinski definition) is 5. The van der Waals surface area contributed by atoms with E-state index in [0.717, 1.165) is 5.56 Å². The molecule has 0 unspecified atom stereocenters. The van der Waals surface area contributed by atoms with Crippen LogP contribution in [-0.4, -0.2) is 60.3 Å². The van der Waals surface area contributed by atoms with E-state index >= 15 is 0 Å². The Balaban J connectivity index is 2.87. The number of aliphatic carboxylic acids is 1. The summed E-state index contributed by atoms with van der Waals surface area (Å²) in [5.41, 5.74) is 6.22. The van der Waals surface area contributed by atoms with E-state index in [1.54, 1.807) is 24.3 Å². The predicted molar refractivity (Wildman–Crippen MR) is 119 cm³/mol. The van der Waals surface area contributed by atoms with Crippen molar-refractivity contribution in [2.75, 3.05) is 13.2 Å². The van der Waals surface area contributed by atoms with Crippen LogP contribution < -0.4 is 21.7 Å². The number of nitrogens with two attached hydrogens (primary N) is 1. The third-order valence-corrected chi connectivity index (χ3v) is 4.54. The van der Waals surface area contributed by atoms with Crippen molar-refractivity contribution in [1.29, 1.82) is 0 Å². The van der Waals surface area contributed by atoms with Gasteiger partial charge in [-0.2, -0.15) is 0 Å². The van der Waals surface area contributed by atoms with Crippen LogP contribution in [-0.2, 0) is 25.5 Å².